The summed E-state index contributed by atoms with van der Waals surface area (Å²) in [5, 5.41) is 0. The van der Waals surface area contributed by atoms with Gasteiger partial charge in [-0.15, -0.1) is 0 Å². The van der Waals surface area contributed by atoms with E-state index in [1.54, 1.807) is 0 Å². The van der Waals surface area contributed by atoms with Crippen molar-refractivity contribution in [1.29, 1.82) is 0 Å². The van der Waals surface area contributed by atoms with Gasteiger partial charge in [-0.3, -0.25) is 4.79 Å². The number of carbonyl (C=O) groups excluding carboxylic acids is 1. The van der Waals surface area contributed by atoms with Crippen molar-refractivity contribution < 1.29 is 18.5 Å². The first-order chi connectivity index (χ1) is 11.9. The molecule has 1 aromatic carbocycles. The Morgan fingerprint density at radius 3 is 2.31 bits per heavy atom. The molecule has 0 amide bonds. The Labute approximate surface area is 159 Å². The molecule has 1 saturated heterocycles. The van der Waals surface area contributed by atoms with Crippen LogP contribution in [0.4, 0.5) is 0 Å². The van der Waals surface area contributed by atoms with Crippen molar-refractivity contribution >= 4 is 5.97 Å². The average Bonchev–Trinajstić information content (AvgIpc) is 2.51. The summed E-state index contributed by atoms with van der Waals surface area (Å²) in [6.07, 6.45) is 1.24. The third kappa shape index (κ3) is 3.96. The molecule has 146 valence electrons. The third-order valence-corrected chi connectivity index (χ3v) is 6.15. The number of quaternary nitrogens is 2. The highest BCUT2D eigenvalue weighted by Gasteiger charge is 2.63. The molecule has 0 radical (unpaired) electrons. The van der Waals surface area contributed by atoms with E-state index in [9.17, 15) is 4.79 Å². The summed E-state index contributed by atoms with van der Waals surface area (Å²) >= 11 is 0. The van der Waals surface area contributed by atoms with Gasteiger partial charge in [0.2, 0.25) is 0 Å². The normalized spacial score (nSPS) is 31.5. The van der Waals surface area contributed by atoms with E-state index in [0.29, 0.717) is 12.5 Å². The van der Waals surface area contributed by atoms with E-state index >= 15 is 0 Å². The van der Waals surface area contributed by atoms with E-state index in [1.807, 2.05) is 13.0 Å². The highest BCUT2D eigenvalue weighted by Crippen LogP contribution is 2.53. The minimum absolute atomic E-state index is 0.110. The minimum atomic E-state index is -0.597. The smallest absolute Gasteiger partial charge is 0.306 e. The molecular weight excluding hydrogens is 324 g/mol. The first-order valence-corrected chi connectivity index (χ1v) is 9.76. The van der Waals surface area contributed by atoms with Crippen LogP contribution in [-0.2, 0) is 15.1 Å². The predicted octanol–water partition coefficient (Wildman–Crippen LogP) is 3.42. The maximum Gasteiger partial charge on any atom is 0.306 e. The second-order valence-electron chi connectivity index (χ2n) is 10.0. The standard InChI is InChI=1S/C22H38N2O2/c1-9-20(25)26-22(19-13-11-10-12-14-19)15-18(2)24(7,8)17-21(22,3)16-23(4,5)6/h10-14,18H,9,15-17H2,1-8H3/q+2. The summed E-state index contributed by atoms with van der Waals surface area (Å²) in [7, 11) is 11.3. The molecule has 3 unspecified atom stereocenters. The molecule has 1 aliphatic heterocycles. The lowest BCUT2D eigenvalue weighted by Gasteiger charge is -2.58. The van der Waals surface area contributed by atoms with Crippen LogP contribution in [0.1, 0.15) is 39.2 Å². The van der Waals surface area contributed by atoms with Crippen LogP contribution < -0.4 is 0 Å². The van der Waals surface area contributed by atoms with Gasteiger partial charge in [0.05, 0.1) is 54.4 Å². The zero-order chi connectivity index (χ0) is 19.8. The Morgan fingerprint density at radius 1 is 1.23 bits per heavy atom. The SMILES string of the molecule is CCC(=O)OC1(c2ccccc2)CC(C)[N+](C)(C)CC1(C)C[N+](C)(C)C. The summed E-state index contributed by atoms with van der Waals surface area (Å²) in [6, 6.07) is 10.8. The van der Waals surface area contributed by atoms with Crippen LogP contribution in [-0.4, -0.2) is 69.3 Å². The number of esters is 1. The molecule has 0 aromatic heterocycles. The van der Waals surface area contributed by atoms with E-state index in [4.69, 9.17) is 4.74 Å². The Kier molecular flexibility index (Phi) is 5.61. The highest BCUT2D eigenvalue weighted by molar-refractivity contribution is 5.70. The number of ether oxygens (including phenoxy) is 1. The quantitative estimate of drug-likeness (QED) is 0.593. The van der Waals surface area contributed by atoms with Crippen molar-refractivity contribution in [1.82, 2.24) is 0 Å². The second-order valence-corrected chi connectivity index (χ2v) is 10.0. The molecule has 1 aliphatic rings. The fourth-order valence-corrected chi connectivity index (χ4v) is 4.98. The Balaban J connectivity index is 2.68. The lowest BCUT2D eigenvalue weighted by atomic mass is 9.62. The lowest BCUT2D eigenvalue weighted by molar-refractivity contribution is -0.941. The monoisotopic (exact) mass is 362 g/mol. The summed E-state index contributed by atoms with van der Waals surface area (Å²) < 4.78 is 8.16. The van der Waals surface area contributed by atoms with Gasteiger partial charge in [0, 0.05) is 12.8 Å². The first kappa shape index (κ1) is 20.9. The predicted molar refractivity (Wildman–Crippen MR) is 107 cm³/mol. The van der Waals surface area contributed by atoms with Gasteiger partial charge in [-0.25, -0.2) is 0 Å². The molecule has 0 spiro atoms. The molecule has 1 aromatic rings. The molecule has 0 aliphatic carbocycles. The van der Waals surface area contributed by atoms with Gasteiger partial charge in [-0.1, -0.05) is 37.3 Å². The Morgan fingerprint density at radius 2 is 1.81 bits per heavy atom. The first-order valence-electron chi connectivity index (χ1n) is 9.76. The topological polar surface area (TPSA) is 26.3 Å². The van der Waals surface area contributed by atoms with Crippen LogP contribution in [0.25, 0.3) is 0 Å². The van der Waals surface area contributed by atoms with E-state index in [1.165, 1.54) is 0 Å². The summed E-state index contributed by atoms with van der Waals surface area (Å²) in [5.74, 6) is -0.110. The van der Waals surface area contributed by atoms with Gasteiger partial charge in [0.1, 0.15) is 5.41 Å². The molecular formula is C22H38N2O2+2. The summed E-state index contributed by atoms with van der Waals surface area (Å²) in [4.78, 5) is 12.5. The number of likely N-dealkylation sites (tertiary alicyclic amines) is 1. The van der Waals surface area contributed by atoms with Gasteiger partial charge < -0.3 is 13.7 Å². The molecule has 1 fully saturated rings. The fourth-order valence-electron chi connectivity index (χ4n) is 4.98. The number of hydrogen-bond acceptors (Lipinski definition) is 2. The number of benzene rings is 1. The number of carbonyl (C=O) groups is 1. The van der Waals surface area contributed by atoms with Crippen molar-refractivity contribution in [3.8, 4) is 0 Å². The van der Waals surface area contributed by atoms with Crippen LogP contribution in [0.5, 0.6) is 0 Å². The van der Waals surface area contributed by atoms with Gasteiger partial charge in [0.15, 0.2) is 5.60 Å². The molecule has 0 saturated carbocycles. The molecule has 4 heteroatoms. The second kappa shape index (κ2) is 6.97. The molecule has 0 bridgehead atoms. The van der Waals surface area contributed by atoms with E-state index < -0.39 is 5.60 Å². The molecule has 26 heavy (non-hydrogen) atoms. The number of nitrogens with zero attached hydrogens (tertiary/aromatic N) is 2. The Bertz CT molecular complexity index is 635. The minimum Gasteiger partial charge on any atom is -0.453 e. The van der Waals surface area contributed by atoms with Crippen LogP contribution in [0.15, 0.2) is 30.3 Å². The third-order valence-electron chi connectivity index (χ3n) is 6.15. The lowest BCUT2D eigenvalue weighted by Crippen LogP contribution is -2.70. The molecule has 0 N–H and O–H groups in total. The van der Waals surface area contributed by atoms with Crippen LogP contribution in [0.2, 0.25) is 0 Å². The Hall–Kier alpha value is -1.39. The van der Waals surface area contributed by atoms with Gasteiger partial charge in [0.25, 0.3) is 0 Å². The van der Waals surface area contributed by atoms with Crippen LogP contribution in [0.3, 0.4) is 0 Å². The maximum atomic E-state index is 12.5. The van der Waals surface area contributed by atoms with Gasteiger partial charge in [-0.05, 0) is 19.4 Å². The van der Waals surface area contributed by atoms with E-state index in [0.717, 1.165) is 34.0 Å². The zero-order valence-electron chi connectivity index (χ0n) is 18.0. The fraction of sp³-hybridized carbons (Fsp3) is 0.682. The maximum absolute atomic E-state index is 12.5. The van der Waals surface area contributed by atoms with E-state index in [-0.39, 0.29) is 11.4 Å². The summed E-state index contributed by atoms with van der Waals surface area (Å²) in [6.45, 7) is 8.38. The average molecular weight is 363 g/mol. The molecule has 3 atom stereocenters. The van der Waals surface area contributed by atoms with Crippen LogP contribution >= 0.6 is 0 Å². The highest BCUT2D eigenvalue weighted by atomic mass is 16.6. The van der Waals surface area contributed by atoms with Crippen LogP contribution in [0, 0.1) is 5.41 Å². The number of rotatable bonds is 5. The van der Waals surface area contributed by atoms with E-state index in [2.05, 4.69) is 73.4 Å². The van der Waals surface area contributed by atoms with Crippen molar-refractivity contribution in [2.24, 2.45) is 5.41 Å². The molecule has 4 nitrogen and oxygen atoms in total. The van der Waals surface area contributed by atoms with Gasteiger partial charge in [-0.2, -0.15) is 0 Å². The van der Waals surface area contributed by atoms with Gasteiger partial charge >= 0.3 is 5.97 Å². The van der Waals surface area contributed by atoms with Crippen molar-refractivity contribution in [3.05, 3.63) is 35.9 Å². The summed E-state index contributed by atoms with van der Waals surface area (Å²) in [5.41, 5.74) is 0.359. The van der Waals surface area contributed by atoms with Crippen molar-refractivity contribution in [3.63, 3.8) is 0 Å². The molecule has 1 heterocycles. The number of piperidine rings is 1. The van der Waals surface area contributed by atoms with Crippen molar-refractivity contribution in [2.75, 3.05) is 48.3 Å². The van der Waals surface area contributed by atoms with Crippen molar-refractivity contribution in [2.45, 2.75) is 45.3 Å². The largest absolute Gasteiger partial charge is 0.453 e. The number of hydrogen-bond donors (Lipinski definition) is 0. The molecule has 2 rings (SSSR count). The zero-order valence-corrected chi connectivity index (χ0v) is 18.0.